The molecule has 0 amide bonds. The minimum atomic E-state index is -3.94. The van der Waals surface area contributed by atoms with Gasteiger partial charge in [0.1, 0.15) is 0 Å². The van der Waals surface area contributed by atoms with Crippen LogP contribution in [0.2, 0.25) is 0 Å². The quantitative estimate of drug-likeness (QED) is 0.232. The molecule has 4 heterocycles. The number of aromatic nitrogens is 3. The van der Waals surface area contributed by atoms with Gasteiger partial charge in [-0.15, -0.1) is 0 Å². The first-order chi connectivity index (χ1) is 20.7. The second kappa shape index (κ2) is 12.2. The van der Waals surface area contributed by atoms with Gasteiger partial charge in [-0.2, -0.15) is 0 Å². The van der Waals surface area contributed by atoms with Crippen molar-refractivity contribution in [1.29, 1.82) is 0 Å². The van der Waals surface area contributed by atoms with E-state index < -0.39 is 27.3 Å². The van der Waals surface area contributed by atoms with E-state index in [-0.39, 0.29) is 41.9 Å². The molecule has 0 saturated carbocycles. The molecule has 2 aromatic carbocycles. The lowest BCUT2D eigenvalue weighted by atomic mass is 10.1. The van der Waals surface area contributed by atoms with E-state index in [1.165, 1.54) is 10.8 Å². The second-order valence-corrected chi connectivity index (χ2v) is 12.6. The molecule has 2 aliphatic heterocycles. The van der Waals surface area contributed by atoms with Crippen molar-refractivity contribution in [3.63, 3.8) is 0 Å². The maximum absolute atomic E-state index is 14.9. The van der Waals surface area contributed by atoms with Crippen LogP contribution < -0.4 is 15.0 Å². The Morgan fingerprint density at radius 1 is 1.05 bits per heavy atom. The molecular formula is C31H30FN3O7S. The molecule has 1 unspecified atom stereocenters. The van der Waals surface area contributed by atoms with Gasteiger partial charge in [-0.05, 0) is 48.7 Å². The SMILES string of the molecule is Cc1cc(-c2cc(F)c(=O)n(Cc3ccc4c(c3)OCO4)c2)nc(S(=O)(=O)CCC(OCC2COC2)c2ccccc2)n1. The van der Waals surface area contributed by atoms with Crippen molar-refractivity contribution in [2.75, 3.05) is 32.4 Å². The number of halogens is 1. The first kappa shape index (κ1) is 29.0. The molecule has 1 fully saturated rings. The number of hydrogen-bond donors (Lipinski definition) is 0. The zero-order valence-corrected chi connectivity index (χ0v) is 24.3. The largest absolute Gasteiger partial charge is 0.454 e. The minimum absolute atomic E-state index is 0.0588. The molecule has 10 nitrogen and oxygen atoms in total. The van der Waals surface area contributed by atoms with E-state index in [4.69, 9.17) is 18.9 Å². The van der Waals surface area contributed by atoms with Gasteiger partial charge in [-0.25, -0.2) is 22.8 Å². The van der Waals surface area contributed by atoms with Crippen LogP contribution in [0.1, 0.15) is 29.3 Å². The summed E-state index contributed by atoms with van der Waals surface area (Å²) in [7, 11) is -3.94. The molecule has 2 aliphatic rings. The summed E-state index contributed by atoms with van der Waals surface area (Å²) >= 11 is 0. The van der Waals surface area contributed by atoms with E-state index >= 15 is 0 Å². The van der Waals surface area contributed by atoms with Gasteiger partial charge < -0.3 is 23.5 Å². The highest BCUT2D eigenvalue weighted by Crippen LogP contribution is 2.33. The average molecular weight is 608 g/mol. The predicted molar refractivity (Wildman–Crippen MR) is 154 cm³/mol. The number of aryl methyl sites for hydroxylation is 1. The number of benzene rings is 2. The lowest BCUT2D eigenvalue weighted by Crippen LogP contribution is -2.32. The monoisotopic (exact) mass is 607 g/mol. The van der Waals surface area contributed by atoms with Gasteiger partial charge in [-0.3, -0.25) is 4.79 Å². The third kappa shape index (κ3) is 6.61. The molecule has 1 saturated heterocycles. The molecule has 224 valence electrons. The predicted octanol–water partition coefficient (Wildman–Crippen LogP) is 4.10. The fourth-order valence-corrected chi connectivity index (χ4v) is 6.15. The van der Waals surface area contributed by atoms with Crippen molar-refractivity contribution in [1.82, 2.24) is 14.5 Å². The minimum Gasteiger partial charge on any atom is -0.454 e. The maximum atomic E-state index is 14.9. The van der Waals surface area contributed by atoms with Crippen LogP contribution in [-0.4, -0.2) is 55.3 Å². The first-order valence-corrected chi connectivity index (χ1v) is 15.5. The van der Waals surface area contributed by atoms with Crippen LogP contribution in [0.5, 0.6) is 11.5 Å². The number of fused-ring (bicyclic) bond motifs is 1. The average Bonchev–Trinajstić information content (AvgIpc) is 3.44. The Balaban J connectivity index is 1.24. The van der Waals surface area contributed by atoms with E-state index in [0.29, 0.717) is 48.5 Å². The van der Waals surface area contributed by atoms with Crippen molar-refractivity contribution in [2.24, 2.45) is 5.92 Å². The second-order valence-electron chi connectivity index (χ2n) is 10.6. The van der Waals surface area contributed by atoms with E-state index in [2.05, 4.69) is 9.97 Å². The molecule has 43 heavy (non-hydrogen) atoms. The van der Waals surface area contributed by atoms with Gasteiger partial charge in [-0.1, -0.05) is 36.4 Å². The van der Waals surface area contributed by atoms with Gasteiger partial charge >= 0.3 is 0 Å². The standard InChI is InChI=1S/C31H30FN3O7S/c1-20-11-26(24-13-25(32)30(36)35(15-24)14-21-7-8-28-29(12-21)42-19-41-28)34-31(33-20)43(37,38)10-9-27(23-5-3-2-4-6-23)40-18-22-16-39-17-22/h2-8,11-13,15,22,27H,9-10,14,16-19H2,1H3. The third-order valence-electron chi connectivity index (χ3n) is 7.30. The number of nitrogens with zero attached hydrogens (tertiary/aromatic N) is 3. The Morgan fingerprint density at radius 3 is 2.60 bits per heavy atom. The molecule has 0 spiro atoms. The highest BCUT2D eigenvalue weighted by molar-refractivity contribution is 7.91. The molecule has 6 rings (SSSR count). The topological polar surface area (TPSA) is 119 Å². The van der Waals surface area contributed by atoms with Crippen molar-refractivity contribution >= 4 is 9.84 Å². The zero-order valence-electron chi connectivity index (χ0n) is 23.4. The molecule has 0 aliphatic carbocycles. The van der Waals surface area contributed by atoms with Crippen LogP contribution >= 0.6 is 0 Å². The van der Waals surface area contributed by atoms with Gasteiger partial charge in [0.15, 0.2) is 17.3 Å². The van der Waals surface area contributed by atoms with Gasteiger partial charge in [0.25, 0.3) is 5.56 Å². The van der Waals surface area contributed by atoms with Crippen LogP contribution in [-0.2, 0) is 25.9 Å². The van der Waals surface area contributed by atoms with Crippen LogP contribution in [0.25, 0.3) is 11.3 Å². The molecule has 2 aromatic heterocycles. The summed E-state index contributed by atoms with van der Waals surface area (Å²) in [4.78, 5) is 21.2. The fraction of sp³-hybridized carbons (Fsp3) is 0.323. The molecule has 0 radical (unpaired) electrons. The van der Waals surface area contributed by atoms with E-state index in [9.17, 15) is 17.6 Å². The highest BCUT2D eigenvalue weighted by Gasteiger charge is 2.26. The Kier molecular flexibility index (Phi) is 8.24. The molecule has 1 atom stereocenters. The molecule has 0 bridgehead atoms. The summed E-state index contributed by atoms with van der Waals surface area (Å²) in [6.45, 7) is 3.53. The van der Waals surface area contributed by atoms with Crippen LogP contribution in [0.4, 0.5) is 4.39 Å². The first-order valence-electron chi connectivity index (χ1n) is 13.9. The van der Waals surface area contributed by atoms with Crippen LogP contribution in [0.15, 0.2) is 76.8 Å². The smallest absolute Gasteiger partial charge is 0.286 e. The van der Waals surface area contributed by atoms with Gasteiger partial charge in [0.05, 0.1) is 43.9 Å². The molecule has 4 aromatic rings. The third-order valence-corrected chi connectivity index (χ3v) is 8.81. The van der Waals surface area contributed by atoms with Crippen LogP contribution in [0, 0.1) is 18.7 Å². The lowest BCUT2D eigenvalue weighted by Gasteiger charge is -2.28. The summed E-state index contributed by atoms with van der Waals surface area (Å²) in [6.07, 6.45) is 1.22. The number of hydrogen-bond acceptors (Lipinski definition) is 9. The summed E-state index contributed by atoms with van der Waals surface area (Å²) in [6, 6.07) is 17.3. The Labute approximate surface area is 248 Å². The van der Waals surface area contributed by atoms with Gasteiger partial charge in [0, 0.05) is 23.4 Å². The van der Waals surface area contributed by atoms with E-state index in [1.807, 2.05) is 30.3 Å². The summed E-state index contributed by atoms with van der Waals surface area (Å²) in [5.41, 5.74) is 1.58. The van der Waals surface area contributed by atoms with Crippen molar-refractivity contribution in [2.45, 2.75) is 31.1 Å². The zero-order chi connectivity index (χ0) is 30.0. The lowest BCUT2D eigenvalue weighted by molar-refractivity contribution is -0.0883. The van der Waals surface area contributed by atoms with Crippen molar-refractivity contribution < 1.29 is 31.8 Å². The normalized spacial score (nSPS) is 15.3. The Hall–Kier alpha value is -4.13. The van der Waals surface area contributed by atoms with Crippen LogP contribution in [0.3, 0.4) is 0 Å². The Bertz CT molecular complexity index is 1790. The number of rotatable bonds is 11. The Morgan fingerprint density at radius 2 is 1.84 bits per heavy atom. The molecular weight excluding hydrogens is 577 g/mol. The summed E-state index contributed by atoms with van der Waals surface area (Å²) in [5, 5.41) is -0.365. The molecule has 0 N–H and O–H groups in total. The van der Waals surface area contributed by atoms with E-state index in [1.54, 1.807) is 31.2 Å². The summed E-state index contributed by atoms with van der Waals surface area (Å²) < 4.78 is 65.1. The van der Waals surface area contributed by atoms with Gasteiger partial charge in [0.2, 0.25) is 21.8 Å². The molecule has 12 heteroatoms. The number of ether oxygens (including phenoxy) is 4. The van der Waals surface area contributed by atoms with Crippen molar-refractivity contribution in [3.05, 3.63) is 99.9 Å². The number of sulfone groups is 1. The fourth-order valence-electron chi connectivity index (χ4n) is 4.92. The maximum Gasteiger partial charge on any atom is 0.286 e. The number of pyridine rings is 1. The summed E-state index contributed by atoms with van der Waals surface area (Å²) in [5.74, 6) is 0.184. The van der Waals surface area contributed by atoms with Crippen molar-refractivity contribution in [3.8, 4) is 22.8 Å². The van der Waals surface area contributed by atoms with E-state index in [0.717, 1.165) is 11.6 Å². The highest BCUT2D eigenvalue weighted by atomic mass is 32.2.